The molecule has 7 nitrogen and oxygen atoms in total. The average molecular weight is 401 g/mol. The third-order valence-electron chi connectivity index (χ3n) is 5.51. The first-order valence-corrected chi connectivity index (χ1v) is 9.44. The summed E-state index contributed by atoms with van der Waals surface area (Å²) in [5, 5.41) is 2.86. The zero-order valence-electron chi connectivity index (χ0n) is 15.9. The molecule has 0 spiro atoms. The minimum atomic E-state index is -0.554. The Labute approximate surface area is 166 Å². The van der Waals surface area contributed by atoms with Crippen LogP contribution in [0.3, 0.4) is 0 Å². The van der Waals surface area contributed by atoms with Crippen LogP contribution in [0.15, 0.2) is 30.6 Å². The Kier molecular flexibility index (Phi) is 5.37. The standard InChI is InChI=1S/C20H21F2N5O2/c1-29-20-25-9-16(21)19(26-20)27-10-14-13(15(14)11-27)6-7-23-18(28)5-3-12-2-4-17(22)24-8-12/h2-5,8-9,13-15H,6-7,10-11H2,1H3,(H,23,28)/b5-3+. The quantitative estimate of drug-likeness (QED) is 0.565. The Hall–Kier alpha value is -3.10. The van der Waals surface area contributed by atoms with Crippen molar-refractivity contribution in [3.8, 4) is 6.01 Å². The number of carbonyl (C=O) groups excluding carboxylic acids is 1. The van der Waals surface area contributed by atoms with Gasteiger partial charge in [0, 0.05) is 31.9 Å². The van der Waals surface area contributed by atoms with Gasteiger partial charge >= 0.3 is 6.01 Å². The number of methoxy groups -OCH3 is 1. The van der Waals surface area contributed by atoms with Crippen molar-refractivity contribution >= 4 is 17.8 Å². The fourth-order valence-corrected chi connectivity index (χ4v) is 3.99. The molecule has 2 fully saturated rings. The Bertz CT molecular complexity index is 910. The van der Waals surface area contributed by atoms with E-state index in [4.69, 9.17) is 4.74 Å². The van der Waals surface area contributed by atoms with Crippen molar-refractivity contribution in [3.05, 3.63) is 47.9 Å². The molecule has 2 aromatic rings. The summed E-state index contributed by atoms with van der Waals surface area (Å²) in [5.41, 5.74) is 0.659. The summed E-state index contributed by atoms with van der Waals surface area (Å²) in [6.07, 6.45) is 6.39. The largest absolute Gasteiger partial charge is 0.467 e. The molecule has 1 amide bonds. The summed E-state index contributed by atoms with van der Waals surface area (Å²) in [5.74, 6) is 0.610. The number of nitrogens with one attached hydrogen (secondary N) is 1. The van der Waals surface area contributed by atoms with Gasteiger partial charge in [-0.1, -0.05) is 0 Å². The Balaban J connectivity index is 1.20. The summed E-state index contributed by atoms with van der Waals surface area (Å²) in [6, 6.07) is 2.96. The van der Waals surface area contributed by atoms with E-state index in [0.717, 1.165) is 25.7 Å². The van der Waals surface area contributed by atoms with Crippen molar-refractivity contribution in [1.82, 2.24) is 20.3 Å². The van der Waals surface area contributed by atoms with Crippen LogP contribution >= 0.6 is 0 Å². The first kappa shape index (κ1) is 19.2. The summed E-state index contributed by atoms with van der Waals surface area (Å²) in [4.78, 5) is 25.3. The Morgan fingerprint density at radius 1 is 1.28 bits per heavy atom. The molecule has 2 atom stereocenters. The van der Waals surface area contributed by atoms with Gasteiger partial charge in [0.15, 0.2) is 11.6 Å². The zero-order valence-corrected chi connectivity index (χ0v) is 15.9. The molecule has 1 N–H and O–H groups in total. The molecule has 0 bridgehead atoms. The van der Waals surface area contributed by atoms with Gasteiger partial charge in [0.25, 0.3) is 0 Å². The van der Waals surface area contributed by atoms with E-state index >= 15 is 0 Å². The third kappa shape index (κ3) is 4.33. The van der Waals surface area contributed by atoms with Gasteiger partial charge in [-0.3, -0.25) is 4.79 Å². The molecule has 2 unspecified atom stereocenters. The lowest BCUT2D eigenvalue weighted by Gasteiger charge is -2.21. The number of halogens is 2. The van der Waals surface area contributed by atoms with E-state index in [1.807, 2.05) is 4.90 Å². The van der Waals surface area contributed by atoms with Gasteiger partial charge in [0.05, 0.1) is 13.3 Å². The number of rotatable bonds is 7. The van der Waals surface area contributed by atoms with Crippen LogP contribution in [0.4, 0.5) is 14.6 Å². The highest BCUT2D eigenvalue weighted by atomic mass is 19.1. The number of aromatic nitrogens is 3. The monoisotopic (exact) mass is 401 g/mol. The fourth-order valence-electron chi connectivity index (χ4n) is 3.99. The molecule has 4 rings (SSSR count). The van der Waals surface area contributed by atoms with Gasteiger partial charge in [-0.2, -0.15) is 9.37 Å². The van der Waals surface area contributed by atoms with E-state index in [-0.39, 0.29) is 17.7 Å². The average Bonchev–Trinajstić information content (AvgIpc) is 3.17. The van der Waals surface area contributed by atoms with Gasteiger partial charge in [-0.05, 0) is 47.9 Å². The summed E-state index contributed by atoms with van der Waals surface area (Å²) < 4.78 is 31.7. The summed E-state index contributed by atoms with van der Waals surface area (Å²) >= 11 is 0. The topological polar surface area (TPSA) is 80.2 Å². The number of amides is 1. The molecular weight excluding hydrogens is 380 g/mol. The van der Waals surface area contributed by atoms with Crippen molar-refractivity contribution in [1.29, 1.82) is 0 Å². The van der Waals surface area contributed by atoms with Crippen LogP contribution in [-0.2, 0) is 4.79 Å². The molecule has 29 heavy (non-hydrogen) atoms. The van der Waals surface area contributed by atoms with Gasteiger partial charge in [-0.25, -0.2) is 14.4 Å². The van der Waals surface area contributed by atoms with E-state index in [0.29, 0.717) is 29.9 Å². The minimum Gasteiger partial charge on any atom is -0.467 e. The van der Waals surface area contributed by atoms with Gasteiger partial charge in [0.2, 0.25) is 11.9 Å². The molecule has 3 heterocycles. The van der Waals surface area contributed by atoms with Gasteiger partial charge < -0.3 is 15.0 Å². The molecule has 152 valence electrons. The van der Waals surface area contributed by atoms with E-state index in [1.165, 1.54) is 25.4 Å². The van der Waals surface area contributed by atoms with E-state index in [2.05, 4.69) is 20.3 Å². The number of hydrogen-bond acceptors (Lipinski definition) is 6. The van der Waals surface area contributed by atoms with Gasteiger partial charge in [-0.15, -0.1) is 0 Å². The molecule has 1 aliphatic carbocycles. The molecule has 0 radical (unpaired) electrons. The normalized spacial score (nSPS) is 22.6. The molecule has 1 aliphatic heterocycles. The van der Waals surface area contributed by atoms with E-state index < -0.39 is 11.8 Å². The van der Waals surface area contributed by atoms with Gasteiger partial charge in [0.1, 0.15) is 0 Å². The van der Waals surface area contributed by atoms with Crippen molar-refractivity contribution in [3.63, 3.8) is 0 Å². The first-order valence-electron chi connectivity index (χ1n) is 9.44. The van der Waals surface area contributed by atoms with Crippen LogP contribution in [0.2, 0.25) is 0 Å². The summed E-state index contributed by atoms with van der Waals surface area (Å²) in [6.45, 7) is 2.08. The second-order valence-corrected chi connectivity index (χ2v) is 7.25. The maximum Gasteiger partial charge on any atom is 0.318 e. The Morgan fingerprint density at radius 3 is 2.76 bits per heavy atom. The molecule has 0 aromatic carbocycles. The number of ether oxygens (including phenoxy) is 1. The van der Waals surface area contributed by atoms with Crippen LogP contribution in [-0.4, -0.2) is 47.6 Å². The van der Waals surface area contributed by atoms with Crippen molar-refractivity contribution in [2.75, 3.05) is 31.6 Å². The molecule has 1 saturated carbocycles. The maximum absolute atomic E-state index is 14.0. The second kappa shape index (κ2) is 8.10. The van der Waals surface area contributed by atoms with Crippen LogP contribution in [0.5, 0.6) is 6.01 Å². The number of nitrogens with zero attached hydrogens (tertiary/aromatic N) is 4. The lowest BCUT2D eigenvalue weighted by Crippen LogP contribution is -2.28. The summed E-state index contributed by atoms with van der Waals surface area (Å²) in [7, 11) is 1.45. The highest BCUT2D eigenvalue weighted by molar-refractivity contribution is 5.91. The SMILES string of the molecule is COc1ncc(F)c(N2CC3C(CCNC(=O)/C=C/c4ccc(F)nc4)C3C2)n1. The maximum atomic E-state index is 14.0. The molecule has 2 aliphatic rings. The smallest absolute Gasteiger partial charge is 0.318 e. The number of pyridine rings is 1. The van der Waals surface area contributed by atoms with Crippen LogP contribution < -0.4 is 15.0 Å². The molecule has 1 saturated heterocycles. The van der Waals surface area contributed by atoms with Crippen LogP contribution in [0.25, 0.3) is 6.08 Å². The second-order valence-electron chi connectivity index (χ2n) is 7.25. The lowest BCUT2D eigenvalue weighted by atomic mass is 10.2. The first-order chi connectivity index (χ1) is 14.0. The molecular formula is C20H21F2N5O2. The highest BCUT2D eigenvalue weighted by Gasteiger charge is 2.55. The Morgan fingerprint density at radius 2 is 2.07 bits per heavy atom. The van der Waals surface area contributed by atoms with Crippen molar-refractivity contribution in [2.45, 2.75) is 6.42 Å². The minimum absolute atomic E-state index is 0.158. The van der Waals surface area contributed by atoms with Crippen LogP contribution in [0, 0.1) is 29.5 Å². The fraction of sp³-hybridized carbons (Fsp3) is 0.400. The predicted molar refractivity (Wildman–Crippen MR) is 102 cm³/mol. The molecule has 9 heteroatoms. The van der Waals surface area contributed by atoms with E-state index in [9.17, 15) is 13.6 Å². The van der Waals surface area contributed by atoms with E-state index in [1.54, 1.807) is 12.1 Å². The number of piperidine rings is 1. The number of fused-ring (bicyclic) bond motifs is 1. The predicted octanol–water partition coefficient (Wildman–Crippen LogP) is 2.06. The van der Waals surface area contributed by atoms with Crippen molar-refractivity contribution < 1.29 is 18.3 Å². The number of hydrogen-bond donors (Lipinski definition) is 1. The highest BCUT2D eigenvalue weighted by Crippen LogP contribution is 2.54. The van der Waals surface area contributed by atoms with Crippen LogP contribution in [0.1, 0.15) is 12.0 Å². The molecule has 2 aromatic heterocycles. The number of anilines is 1. The number of carbonyl (C=O) groups is 1. The third-order valence-corrected chi connectivity index (χ3v) is 5.51. The lowest BCUT2D eigenvalue weighted by molar-refractivity contribution is -0.116. The zero-order chi connectivity index (χ0) is 20.4. The van der Waals surface area contributed by atoms with Crippen molar-refractivity contribution in [2.24, 2.45) is 17.8 Å².